The van der Waals surface area contributed by atoms with Crippen LogP contribution in [0.1, 0.15) is 44.9 Å². The summed E-state index contributed by atoms with van der Waals surface area (Å²) >= 11 is 6.32. The fourth-order valence-electron chi connectivity index (χ4n) is 3.43. The topological polar surface area (TPSA) is 58.4 Å². The first-order valence-electron chi connectivity index (χ1n) is 8.58. The second-order valence-electron chi connectivity index (χ2n) is 7.62. The van der Waals surface area contributed by atoms with Gasteiger partial charge in [0.2, 0.25) is 0 Å². The summed E-state index contributed by atoms with van der Waals surface area (Å²) in [4.78, 5) is 13.5. The normalized spacial score (nSPS) is 18.6. The molecule has 0 bridgehead atoms. The molecule has 0 amide bonds. The van der Waals surface area contributed by atoms with Crippen molar-refractivity contribution in [1.29, 1.82) is 0 Å². The van der Waals surface area contributed by atoms with E-state index in [1.807, 2.05) is 40.0 Å². The van der Waals surface area contributed by atoms with E-state index in [9.17, 15) is 9.90 Å². The van der Waals surface area contributed by atoms with Gasteiger partial charge in [-0.1, -0.05) is 44.5 Å². The van der Waals surface area contributed by atoms with Gasteiger partial charge in [0.25, 0.3) is 0 Å². The first kappa shape index (κ1) is 18.0. The molecule has 25 heavy (non-hydrogen) atoms. The molecule has 1 fully saturated rings. The number of carboxylic acids is 1. The molecule has 134 valence electrons. The summed E-state index contributed by atoms with van der Waals surface area (Å²) in [5.41, 5.74) is 2.72. The van der Waals surface area contributed by atoms with E-state index in [1.54, 1.807) is 0 Å². The lowest BCUT2D eigenvalue weighted by molar-refractivity contribution is -0.142. The first-order valence-corrected chi connectivity index (χ1v) is 8.96. The molecule has 1 aliphatic heterocycles. The molecule has 1 N–H and O–H groups in total. The van der Waals surface area contributed by atoms with E-state index >= 15 is 0 Å². The van der Waals surface area contributed by atoms with Gasteiger partial charge in [-0.25, -0.2) is 4.68 Å². The fraction of sp³-hybridized carbons (Fsp3) is 0.474. The monoisotopic (exact) mass is 361 g/mol. The van der Waals surface area contributed by atoms with Gasteiger partial charge >= 0.3 is 5.97 Å². The zero-order valence-corrected chi connectivity index (χ0v) is 15.6. The number of aliphatic carboxylic acids is 1. The van der Waals surface area contributed by atoms with Crippen LogP contribution in [-0.4, -0.2) is 38.3 Å². The van der Waals surface area contributed by atoms with Crippen molar-refractivity contribution in [3.05, 3.63) is 46.7 Å². The number of carbonyl (C=O) groups is 1. The third-order valence-electron chi connectivity index (χ3n) is 4.62. The van der Waals surface area contributed by atoms with Crippen LogP contribution in [0.3, 0.4) is 0 Å². The highest BCUT2D eigenvalue weighted by Gasteiger charge is 2.32. The predicted octanol–water partition coefficient (Wildman–Crippen LogP) is 3.87. The molecule has 0 radical (unpaired) electrons. The Morgan fingerprint density at radius 2 is 2.08 bits per heavy atom. The van der Waals surface area contributed by atoms with Crippen molar-refractivity contribution in [2.24, 2.45) is 0 Å². The predicted molar refractivity (Wildman–Crippen MR) is 98.3 cm³/mol. The molecule has 1 saturated heterocycles. The maximum absolute atomic E-state index is 11.5. The van der Waals surface area contributed by atoms with E-state index < -0.39 is 12.0 Å². The molecular formula is C19H24ClN3O2. The van der Waals surface area contributed by atoms with E-state index in [-0.39, 0.29) is 5.41 Å². The maximum atomic E-state index is 11.5. The minimum absolute atomic E-state index is 0.139. The molecule has 0 aliphatic carbocycles. The van der Waals surface area contributed by atoms with Crippen molar-refractivity contribution in [2.45, 2.75) is 51.6 Å². The second-order valence-corrected chi connectivity index (χ2v) is 8.02. The summed E-state index contributed by atoms with van der Waals surface area (Å²) in [6, 6.07) is 7.19. The molecule has 1 aromatic heterocycles. The summed E-state index contributed by atoms with van der Waals surface area (Å²) in [5, 5.41) is 14.9. The summed E-state index contributed by atoms with van der Waals surface area (Å²) in [5.74, 6) is -0.742. The van der Waals surface area contributed by atoms with Gasteiger partial charge < -0.3 is 5.11 Å². The number of carboxylic acid groups (broad SMARTS) is 1. The Kier molecular flexibility index (Phi) is 4.89. The number of aromatic nitrogens is 2. The van der Waals surface area contributed by atoms with Crippen molar-refractivity contribution < 1.29 is 9.90 Å². The molecule has 1 atom stereocenters. The minimum Gasteiger partial charge on any atom is -0.480 e. The molecule has 2 heterocycles. The van der Waals surface area contributed by atoms with Gasteiger partial charge in [0.15, 0.2) is 0 Å². The van der Waals surface area contributed by atoms with Crippen LogP contribution in [0.25, 0.3) is 5.69 Å². The zero-order chi connectivity index (χ0) is 18.2. The van der Waals surface area contributed by atoms with Crippen LogP contribution in [0.4, 0.5) is 0 Å². The Balaban J connectivity index is 1.98. The van der Waals surface area contributed by atoms with E-state index in [1.165, 1.54) is 0 Å². The lowest BCUT2D eigenvalue weighted by atomic mass is 9.89. The van der Waals surface area contributed by atoms with Gasteiger partial charge in [-0.15, -0.1) is 0 Å². The minimum atomic E-state index is -0.742. The van der Waals surface area contributed by atoms with Crippen LogP contribution in [0.5, 0.6) is 0 Å². The average Bonchev–Trinajstić information content (AvgIpc) is 3.14. The Bertz CT molecular complexity index is 779. The number of hydrogen-bond donors (Lipinski definition) is 1. The second kappa shape index (κ2) is 6.81. The number of likely N-dealkylation sites (tertiary alicyclic amines) is 1. The number of rotatable bonds is 4. The molecule has 5 nitrogen and oxygen atoms in total. The average molecular weight is 362 g/mol. The summed E-state index contributed by atoms with van der Waals surface area (Å²) < 4.78 is 1.81. The smallest absolute Gasteiger partial charge is 0.320 e. The number of para-hydroxylation sites is 1. The molecule has 1 unspecified atom stereocenters. The Morgan fingerprint density at radius 1 is 1.36 bits per heavy atom. The molecular weight excluding hydrogens is 338 g/mol. The van der Waals surface area contributed by atoms with Crippen molar-refractivity contribution in [3.8, 4) is 5.69 Å². The van der Waals surface area contributed by atoms with Crippen LogP contribution in [0.2, 0.25) is 5.02 Å². The molecule has 2 aromatic rings. The van der Waals surface area contributed by atoms with Crippen molar-refractivity contribution in [3.63, 3.8) is 0 Å². The fourth-order valence-corrected chi connectivity index (χ4v) is 3.65. The third kappa shape index (κ3) is 3.72. The number of benzene rings is 1. The zero-order valence-electron chi connectivity index (χ0n) is 14.9. The third-order valence-corrected chi connectivity index (χ3v) is 4.94. The molecule has 3 rings (SSSR count). The lowest BCUT2D eigenvalue weighted by Crippen LogP contribution is -2.35. The van der Waals surface area contributed by atoms with Gasteiger partial charge in [0.05, 0.1) is 16.4 Å². The Labute approximate surface area is 153 Å². The molecule has 1 aliphatic rings. The quantitative estimate of drug-likeness (QED) is 0.898. The summed E-state index contributed by atoms with van der Waals surface area (Å²) in [6.07, 6.45) is 3.61. The van der Waals surface area contributed by atoms with Crippen LogP contribution in [0.15, 0.2) is 30.5 Å². The SMILES string of the molecule is CC(C)(C)c1nn(-c2ccccc2Cl)cc1CN1CCCC1C(=O)O. The molecule has 1 aromatic carbocycles. The van der Waals surface area contributed by atoms with Gasteiger partial charge in [-0.05, 0) is 31.5 Å². The maximum Gasteiger partial charge on any atom is 0.320 e. The number of nitrogens with zero attached hydrogens (tertiary/aromatic N) is 3. The van der Waals surface area contributed by atoms with E-state index in [0.717, 1.165) is 29.9 Å². The van der Waals surface area contributed by atoms with Crippen molar-refractivity contribution in [2.75, 3.05) is 6.54 Å². The van der Waals surface area contributed by atoms with Gasteiger partial charge in [-0.3, -0.25) is 9.69 Å². The molecule has 6 heteroatoms. The number of halogens is 1. The van der Waals surface area contributed by atoms with Crippen LogP contribution in [0, 0.1) is 0 Å². The van der Waals surface area contributed by atoms with Gasteiger partial charge in [-0.2, -0.15) is 5.10 Å². The van der Waals surface area contributed by atoms with Crippen molar-refractivity contribution in [1.82, 2.24) is 14.7 Å². The standard InChI is InChI=1S/C19H24ClN3O2/c1-19(2,3)17-13(11-22-10-6-9-16(22)18(24)25)12-23(21-17)15-8-5-4-7-14(15)20/h4-5,7-8,12,16H,6,9-11H2,1-3H3,(H,24,25). The van der Waals surface area contributed by atoms with E-state index in [2.05, 4.69) is 20.8 Å². The summed E-state index contributed by atoms with van der Waals surface area (Å²) in [6.45, 7) is 7.75. The molecule has 0 spiro atoms. The molecule has 0 saturated carbocycles. The highest BCUT2D eigenvalue weighted by molar-refractivity contribution is 6.32. The number of hydrogen-bond acceptors (Lipinski definition) is 3. The highest BCUT2D eigenvalue weighted by Crippen LogP contribution is 2.30. The van der Waals surface area contributed by atoms with Gasteiger partial charge in [0, 0.05) is 23.7 Å². The largest absolute Gasteiger partial charge is 0.480 e. The van der Waals surface area contributed by atoms with Crippen LogP contribution < -0.4 is 0 Å². The van der Waals surface area contributed by atoms with Crippen LogP contribution >= 0.6 is 11.6 Å². The van der Waals surface area contributed by atoms with Crippen LogP contribution in [-0.2, 0) is 16.8 Å². The Morgan fingerprint density at radius 3 is 2.72 bits per heavy atom. The highest BCUT2D eigenvalue weighted by atomic mass is 35.5. The summed E-state index contributed by atoms with van der Waals surface area (Å²) in [7, 11) is 0. The van der Waals surface area contributed by atoms with Crippen molar-refractivity contribution >= 4 is 17.6 Å². The lowest BCUT2D eigenvalue weighted by Gasteiger charge is -2.23. The first-order chi connectivity index (χ1) is 11.8. The Hall–Kier alpha value is -1.85. The van der Waals surface area contributed by atoms with E-state index in [4.69, 9.17) is 16.7 Å². The van der Waals surface area contributed by atoms with Gasteiger partial charge in [0.1, 0.15) is 6.04 Å². The van der Waals surface area contributed by atoms with E-state index in [0.29, 0.717) is 18.0 Å².